The van der Waals surface area contributed by atoms with Crippen molar-refractivity contribution >= 4 is 0 Å². The molecule has 2 rings (SSSR count). The van der Waals surface area contributed by atoms with E-state index in [0.29, 0.717) is 0 Å². The van der Waals surface area contributed by atoms with Gasteiger partial charge in [0.2, 0.25) is 0 Å². The predicted molar refractivity (Wildman–Crippen MR) is 77.6 cm³/mol. The fourth-order valence-electron chi connectivity index (χ4n) is 2.66. The fraction of sp³-hybridized carbons (Fsp3) is 0.625. The van der Waals surface area contributed by atoms with Crippen molar-refractivity contribution < 1.29 is 0 Å². The Morgan fingerprint density at radius 3 is 2.72 bits per heavy atom. The van der Waals surface area contributed by atoms with Crippen molar-refractivity contribution in [2.75, 3.05) is 19.6 Å². The third kappa shape index (κ3) is 3.56. The van der Waals surface area contributed by atoms with Crippen LogP contribution in [0.5, 0.6) is 0 Å². The van der Waals surface area contributed by atoms with Gasteiger partial charge in [-0.2, -0.15) is 0 Å². The molecule has 1 aromatic rings. The molecule has 1 aromatic carbocycles. The molecule has 1 fully saturated rings. The second-order valence-corrected chi connectivity index (χ2v) is 5.67. The zero-order chi connectivity index (χ0) is 13.0. The molecule has 1 atom stereocenters. The van der Waals surface area contributed by atoms with Crippen LogP contribution in [0.2, 0.25) is 0 Å². The molecule has 0 spiro atoms. The molecule has 2 nitrogen and oxygen atoms in total. The van der Waals surface area contributed by atoms with E-state index in [4.69, 9.17) is 5.73 Å². The maximum Gasteiger partial charge on any atom is 0.0424 e. The first-order valence-electron chi connectivity index (χ1n) is 7.23. The van der Waals surface area contributed by atoms with Crippen LogP contribution in [0.1, 0.15) is 43.4 Å². The van der Waals surface area contributed by atoms with E-state index in [1.807, 2.05) is 0 Å². The molecule has 0 heterocycles. The van der Waals surface area contributed by atoms with Crippen LogP contribution in [-0.4, -0.2) is 24.5 Å². The molecular weight excluding hydrogens is 220 g/mol. The van der Waals surface area contributed by atoms with Gasteiger partial charge in [-0.05, 0) is 37.8 Å². The summed E-state index contributed by atoms with van der Waals surface area (Å²) in [7, 11) is 0. The number of hydrogen-bond acceptors (Lipinski definition) is 2. The van der Waals surface area contributed by atoms with Gasteiger partial charge in [0.15, 0.2) is 0 Å². The highest BCUT2D eigenvalue weighted by atomic mass is 15.1. The van der Waals surface area contributed by atoms with Crippen molar-refractivity contribution in [2.45, 2.75) is 39.2 Å². The number of likely N-dealkylation sites (N-methyl/N-ethyl adjacent to an activating group) is 1. The molecular formula is C16H26N2. The molecule has 0 amide bonds. The summed E-state index contributed by atoms with van der Waals surface area (Å²) in [5.41, 5.74) is 8.90. The molecule has 0 aromatic heterocycles. The van der Waals surface area contributed by atoms with Gasteiger partial charge < -0.3 is 10.6 Å². The van der Waals surface area contributed by atoms with Gasteiger partial charge in [0.05, 0.1) is 0 Å². The Bertz CT molecular complexity index is 371. The molecule has 0 aliphatic heterocycles. The SMILES string of the molecule is CCN(CC1CCC1)CC(N)c1cccc(C)c1. The molecule has 2 heteroatoms. The van der Waals surface area contributed by atoms with E-state index in [0.717, 1.165) is 19.0 Å². The Kier molecular flexibility index (Phi) is 4.79. The third-order valence-corrected chi connectivity index (χ3v) is 4.11. The first kappa shape index (κ1) is 13.6. The zero-order valence-corrected chi connectivity index (χ0v) is 11.7. The molecule has 0 bridgehead atoms. The lowest BCUT2D eigenvalue weighted by molar-refractivity contribution is 0.176. The monoisotopic (exact) mass is 246 g/mol. The van der Waals surface area contributed by atoms with Crippen molar-refractivity contribution in [1.29, 1.82) is 0 Å². The van der Waals surface area contributed by atoms with Gasteiger partial charge in [0, 0.05) is 19.1 Å². The number of rotatable bonds is 6. The highest BCUT2D eigenvalue weighted by Crippen LogP contribution is 2.27. The summed E-state index contributed by atoms with van der Waals surface area (Å²) in [6.45, 7) is 7.69. The van der Waals surface area contributed by atoms with E-state index in [-0.39, 0.29) is 6.04 Å². The molecule has 1 aliphatic rings. The maximum absolute atomic E-state index is 6.33. The molecule has 2 N–H and O–H groups in total. The molecule has 0 radical (unpaired) electrons. The third-order valence-electron chi connectivity index (χ3n) is 4.11. The lowest BCUT2D eigenvalue weighted by Gasteiger charge is -2.33. The molecule has 100 valence electrons. The van der Waals surface area contributed by atoms with Gasteiger partial charge >= 0.3 is 0 Å². The van der Waals surface area contributed by atoms with E-state index in [1.54, 1.807) is 0 Å². The number of nitrogens with two attached hydrogens (primary N) is 1. The van der Waals surface area contributed by atoms with Gasteiger partial charge in [0.1, 0.15) is 0 Å². The van der Waals surface area contributed by atoms with Gasteiger partial charge in [-0.25, -0.2) is 0 Å². The average Bonchev–Trinajstić information content (AvgIpc) is 2.31. The number of aryl methyl sites for hydroxylation is 1. The summed E-state index contributed by atoms with van der Waals surface area (Å²) >= 11 is 0. The standard InChI is InChI=1S/C16H26N2/c1-3-18(11-14-7-5-8-14)12-16(17)15-9-4-6-13(2)10-15/h4,6,9-10,14,16H,3,5,7-8,11-12,17H2,1-2H3. The summed E-state index contributed by atoms with van der Waals surface area (Å²) in [6.07, 6.45) is 4.25. The number of hydrogen-bond donors (Lipinski definition) is 1. The van der Waals surface area contributed by atoms with Crippen LogP contribution in [0.4, 0.5) is 0 Å². The van der Waals surface area contributed by atoms with Crippen LogP contribution in [0.15, 0.2) is 24.3 Å². The summed E-state index contributed by atoms with van der Waals surface area (Å²) in [6, 6.07) is 8.73. The molecule has 1 saturated carbocycles. The van der Waals surface area contributed by atoms with Crippen LogP contribution >= 0.6 is 0 Å². The highest BCUT2D eigenvalue weighted by Gasteiger charge is 2.21. The zero-order valence-electron chi connectivity index (χ0n) is 11.7. The molecule has 1 unspecified atom stereocenters. The minimum atomic E-state index is 0.143. The maximum atomic E-state index is 6.33. The minimum absolute atomic E-state index is 0.143. The number of benzene rings is 1. The normalized spacial score (nSPS) is 17.8. The van der Waals surface area contributed by atoms with Gasteiger partial charge in [-0.1, -0.05) is 43.2 Å². The van der Waals surface area contributed by atoms with Crippen molar-refractivity contribution in [3.05, 3.63) is 35.4 Å². The molecule has 0 saturated heterocycles. The summed E-state index contributed by atoms with van der Waals surface area (Å²) in [5.74, 6) is 0.926. The molecule has 1 aliphatic carbocycles. The van der Waals surface area contributed by atoms with E-state index < -0.39 is 0 Å². The summed E-state index contributed by atoms with van der Waals surface area (Å²) in [4.78, 5) is 2.51. The Hall–Kier alpha value is -0.860. The summed E-state index contributed by atoms with van der Waals surface area (Å²) < 4.78 is 0. The van der Waals surface area contributed by atoms with Crippen LogP contribution in [0, 0.1) is 12.8 Å². The first-order chi connectivity index (χ1) is 8.69. The van der Waals surface area contributed by atoms with Gasteiger partial charge in [0.25, 0.3) is 0 Å². The Morgan fingerprint density at radius 2 is 2.17 bits per heavy atom. The van der Waals surface area contributed by atoms with Crippen molar-refractivity contribution in [3.63, 3.8) is 0 Å². The van der Waals surface area contributed by atoms with Crippen molar-refractivity contribution in [1.82, 2.24) is 4.90 Å². The van der Waals surface area contributed by atoms with Crippen molar-refractivity contribution in [3.8, 4) is 0 Å². The Balaban J connectivity index is 1.89. The molecule has 18 heavy (non-hydrogen) atoms. The smallest absolute Gasteiger partial charge is 0.0424 e. The van der Waals surface area contributed by atoms with E-state index in [1.165, 1.54) is 36.9 Å². The lowest BCUT2D eigenvalue weighted by Crippen LogP contribution is -2.37. The van der Waals surface area contributed by atoms with Crippen LogP contribution in [0.25, 0.3) is 0 Å². The minimum Gasteiger partial charge on any atom is -0.323 e. The average molecular weight is 246 g/mol. The highest BCUT2D eigenvalue weighted by molar-refractivity contribution is 5.25. The van der Waals surface area contributed by atoms with Crippen LogP contribution in [-0.2, 0) is 0 Å². The second kappa shape index (κ2) is 6.35. The number of nitrogens with zero attached hydrogens (tertiary/aromatic N) is 1. The quantitative estimate of drug-likeness (QED) is 0.835. The van der Waals surface area contributed by atoms with E-state index in [2.05, 4.69) is 43.0 Å². The topological polar surface area (TPSA) is 29.3 Å². The van der Waals surface area contributed by atoms with Gasteiger partial charge in [-0.15, -0.1) is 0 Å². The van der Waals surface area contributed by atoms with Crippen LogP contribution in [0.3, 0.4) is 0 Å². The Labute approximate surface area is 111 Å². The first-order valence-corrected chi connectivity index (χ1v) is 7.23. The van der Waals surface area contributed by atoms with Crippen LogP contribution < -0.4 is 5.73 Å². The largest absolute Gasteiger partial charge is 0.323 e. The second-order valence-electron chi connectivity index (χ2n) is 5.67. The Morgan fingerprint density at radius 1 is 1.39 bits per heavy atom. The predicted octanol–water partition coefficient (Wildman–Crippen LogP) is 3.12. The van der Waals surface area contributed by atoms with Crippen molar-refractivity contribution in [2.24, 2.45) is 11.7 Å². The summed E-state index contributed by atoms with van der Waals surface area (Å²) in [5, 5.41) is 0. The lowest BCUT2D eigenvalue weighted by atomic mass is 9.85. The fourth-order valence-corrected chi connectivity index (χ4v) is 2.66. The van der Waals surface area contributed by atoms with E-state index >= 15 is 0 Å². The van der Waals surface area contributed by atoms with Gasteiger partial charge in [-0.3, -0.25) is 0 Å². The van der Waals surface area contributed by atoms with E-state index in [9.17, 15) is 0 Å².